The molecule has 21 heavy (non-hydrogen) atoms. The Morgan fingerprint density at radius 1 is 1.00 bits per heavy atom. The lowest BCUT2D eigenvalue weighted by molar-refractivity contribution is 0.102. The van der Waals surface area contributed by atoms with E-state index in [1.54, 1.807) is 17.5 Å². The van der Waals surface area contributed by atoms with Crippen molar-refractivity contribution < 1.29 is 21.6 Å². The van der Waals surface area contributed by atoms with E-state index in [1.165, 1.54) is 35.6 Å². The van der Waals surface area contributed by atoms with Gasteiger partial charge in [-0.05, 0) is 35.7 Å². The molecule has 1 heterocycles. The van der Waals surface area contributed by atoms with E-state index in [0.29, 0.717) is 4.88 Å². The molecule has 1 aromatic heterocycles. The molecule has 0 saturated carbocycles. The summed E-state index contributed by atoms with van der Waals surface area (Å²) in [7, 11) is -7.17. The van der Waals surface area contributed by atoms with E-state index in [9.17, 15) is 21.6 Å². The Hall–Kier alpha value is -1.51. The van der Waals surface area contributed by atoms with Crippen LogP contribution in [0.25, 0.3) is 0 Å². The highest BCUT2D eigenvalue weighted by Crippen LogP contribution is 2.18. The molecule has 0 N–H and O–H groups in total. The van der Waals surface area contributed by atoms with E-state index in [1.807, 2.05) is 0 Å². The summed E-state index contributed by atoms with van der Waals surface area (Å²) in [6.07, 6.45) is 1.04. The topological polar surface area (TPSA) is 85.3 Å². The van der Waals surface area contributed by atoms with Crippen molar-refractivity contribution in [2.24, 2.45) is 0 Å². The van der Waals surface area contributed by atoms with E-state index < -0.39 is 31.2 Å². The van der Waals surface area contributed by atoms with Gasteiger partial charge in [-0.1, -0.05) is 6.07 Å². The lowest BCUT2D eigenvalue weighted by Gasteiger charge is -2.04. The van der Waals surface area contributed by atoms with Gasteiger partial charge in [0.25, 0.3) is 0 Å². The number of carbonyl (C=O) groups is 1. The number of hydrogen-bond donors (Lipinski definition) is 0. The molecule has 0 aliphatic carbocycles. The van der Waals surface area contributed by atoms with Crippen LogP contribution in [-0.2, 0) is 19.7 Å². The van der Waals surface area contributed by atoms with Gasteiger partial charge in [0.15, 0.2) is 25.5 Å². The highest BCUT2D eigenvalue weighted by Gasteiger charge is 2.21. The first kappa shape index (κ1) is 15.9. The Bertz CT molecular complexity index is 845. The van der Waals surface area contributed by atoms with Crippen molar-refractivity contribution in [3.8, 4) is 0 Å². The van der Waals surface area contributed by atoms with Crippen molar-refractivity contribution in [1.29, 1.82) is 0 Å². The summed E-state index contributed by atoms with van der Waals surface area (Å²) in [6, 6.07) is 8.08. The van der Waals surface area contributed by atoms with Crippen molar-refractivity contribution in [2.75, 3.05) is 12.0 Å². The average Bonchev–Trinajstić information content (AvgIpc) is 2.91. The Labute approximate surface area is 127 Å². The Morgan fingerprint density at radius 3 is 2.05 bits per heavy atom. The monoisotopic (exact) mass is 344 g/mol. The molecule has 0 unspecified atom stereocenters. The van der Waals surface area contributed by atoms with Gasteiger partial charge in [0.1, 0.15) is 5.75 Å². The fraction of sp³-hybridized carbons (Fsp3) is 0.154. The van der Waals surface area contributed by atoms with Crippen LogP contribution in [0, 0.1) is 0 Å². The first-order valence-electron chi connectivity index (χ1n) is 5.80. The summed E-state index contributed by atoms with van der Waals surface area (Å²) >= 11 is 1.18. The van der Waals surface area contributed by atoms with Crippen LogP contribution in [-0.4, -0.2) is 34.6 Å². The zero-order valence-electron chi connectivity index (χ0n) is 11.0. The lowest BCUT2D eigenvalue weighted by Crippen LogP contribution is -2.15. The first-order chi connectivity index (χ1) is 9.70. The summed E-state index contributed by atoms with van der Waals surface area (Å²) in [5, 5.41) is 1.70. The maximum absolute atomic E-state index is 12.1. The Morgan fingerprint density at radius 2 is 1.57 bits per heavy atom. The van der Waals surface area contributed by atoms with Gasteiger partial charge in [-0.2, -0.15) is 0 Å². The van der Waals surface area contributed by atoms with E-state index >= 15 is 0 Å². The summed E-state index contributed by atoms with van der Waals surface area (Å²) in [5.74, 6) is -1.11. The van der Waals surface area contributed by atoms with Crippen LogP contribution in [0.3, 0.4) is 0 Å². The van der Waals surface area contributed by atoms with Gasteiger partial charge in [-0.15, -0.1) is 11.3 Å². The second-order valence-electron chi connectivity index (χ2n) is 4.40. The van der Waals surface area contributed by atoms with Gasteiger partial charge in [0.2, 0.25) is 0 Å². The van der Waals surface area contributed by atoms with Gasteiger partial charge >= 0.3 is 0 Å². The molecule has 2 aromatic rings. The van der Waals surface area contributed by atoms with Crippen LogP contribution in [0.4, 0.5) is 0 Å². The molecule has 0 atom stereocenters. The number of rotatable bonds is 5. The number of thiophene rings is 1. The highest BCUT2D eigenvalue weighted by molar-refractivity contribution is 7.92. The number of benzene rings is 1. The molecule has 0 radical (unpaired) electrons. The van der Waals surface area contributed by atoms with Gasteiger partial charge in [-0.3, -0.25) is 4.79 Å². The number of ketones is 1. The molecule has 112 valence electrons. The van der Waals surface area contributed by atoms with Crippen LogP contribution >= 0.6 is 11.3 Å². The lowest BCUT2D eigenvalue weighted by atomic mass is 10.3. The Balaban J connectivity index is 2.26. The molecular weight excluding hydrogens is 332 g/mol. The summed E-state index contributed by atoms with van der Waals surface area (Å²) in [5.41, 5.74) is 0. The van der Waals surface area contributed by atoms with Crippen molar-refractivity contribution in [2.45, 2.75) is 9.79 Å². The number of hydrogen-bond acceptors (Lipinski definition) is 6. The second-order valence-corrected chi connectivity index (χ2v) is 9.36. The summed E-state index contributed by atoms with van der Waals surface area (Å²) in [4.78, 5) is 12.2. The molecule has 0 amide bonds. The zero-order chi connectivity index (χ0) is 15.7. The number of Topliss-reactive ketones (excluding diaryl/α,β-unsaturated/α-hetero) is 1. The second kappa shape index (κ2) is 5.70. The van der Waals surface area contributed by atoms with Crippen LogP contribution in [0.5, 0.6) is 0 Å². The standard InChI is InChI=1S/C13H12O5S3/c1-20(15,16)10-4-6-11(7-5-10)21(17,18)9-12(14)13-3-2-8-19-13/h2-8H,9H2,1H3. The predicted molar refractivity (Wildman–Crippen MR) is 80.3 cm³/mol. The fourth-order valence-corrected chi connectivity index (χ4v) is 4.26. The van der Waals surface area contributed by atoms with Crippen LogP contribution < -0.4 is 0 Å². The third kappa shape index (κ3) is 3.78. The molecule has 0 spiro atoms. The van der Waals surface area contributed by atoms with Crippen LogP contribution in [0.15, 0.2) is 51.6 Å². The summed E-state index contributed by atoms with van der Waals surface area (Å²) < 4.78 is 46.9. The highest BCUT2D eigenvalue weighted by atomic mass is 32.2. The molecule has 0 bridgehead atoms. The molecule has 8 heteroatoms. The third-order valence-electron chi connectivity index (χ3n) is 2.73. The van der Waals surface area contributed by atoms with E-state index in [2.05, 4.69) is 0 Å². The van der Waals surface area contributed by atoms with Crippen LogP contribution in [0.1, 0.15) is 9.67 Å². The van der Waals surface area contributed by atoms with Gasteiger partial charge < -0.3 is 0 Å². The largest absolute Gasteiger partial charge is 0.292 e. The third-order valence-corrected chi connectivity index (χ3v) is 6.40. The number of sulfone groups is 2. The average molecular weight is 344 g/mol. The molecule has 2 rings (SSSR count). The normalized spacial score (nSPS) is 12.2. The van der Waals surface area contributed by atoms with Crippen molar-refractivity contribution in [3.05, 3.63) is 46.7 Å². The van der Waals surface area contributed by atoms with Gasteiger partial charge in [0.05, 0.1) is 14.7 Å². The van der Waals surface area contributed by atoms with Crippen LogP contribution in [0.2, 0.25) is 0 Å². The first-order valence-corrected chi connectivity index (χ1v) is 10.2. The molecular formula is C13H12O5S3. The van der Waals surface area contributed by atoms with Crippen molar-refractivity contribution in [1.82, 2.24) is 0 Å². The SMILES string of the molecule is CS(=O)(=O)c1ccc(S(=O)(=O)CC(=O)c2cccs2)cc1. The minimum atomic E-state index is -3.79. The molecule has 0 saturated heterocycles. The summed E-state index contributed by atoms with van der Waals surface area (Å²) in [6.45, 7) is 0. The zero-order valence-corrected chi connectivity index (χ0v) is 13.5. The smallest absolute Gasteiger partial charge is 0.188 e. The number of carbonyl (C=O) groups excluding carboxylic acids is 1. The minimum Gasteiger partial charge on any atom is -0.292 e. The molecule has 0 fully saturated rings. The van der Waals surface area contributed by atoms with E-state index in [4.69, 9.17) is 0 Å². The molecule has 0 aliphatic rings. The fourth-order valence-electron chi connectivity index (χ4n) is 1.66. The molecule has 5 nitrogen and oxygen atoms in total. The predicted octanol–water partition coefficient (Wildman–Crippen LogP) is 1.81. The molecule has 0 aliphatic heterocycles. The molecule has 1 aromatic carbocycles. The van der Waals surface area contributed by atoms with Gasteiger partial charge in [0, 0.05) is 6.26 Å². The maximum Gasteiger partial charge on any atom is 0.188 e. The quantitative estimate of drug-likeness (QED) is 0.772. The van der Waals surface area contributed by atoms with E-state index in [-0.39, 0.29) is 9.79 Å². The van der Waals surface area contributed by atoms with Crippen molar-refractivity contribution in [3.63, 3.8) is 0 Å². The Kier molecular flexibility index (Phi) is 4.31. The minimum absolute atomic E-state index is 0.0334. The maximum atomic E-state index is 12.1. The van der Waals surface area contributed by atoms with Gasteiger partial charge in [-0.25, -0.2) is 16.8 Å². The van der Waals surface area contributed by atoms with Crippen molar-refractivity contribution >= 4 is 36.8 Å². The van der Waals surface area contributed by atoms with E-state index in [0.717, 1.165) is 6.26 Å².